The van der Waals surface area contributed by atoms with Crippen LogP contribution in [-0.2, 0) is 29.2 Å². The molecule has 0 amide bonds. The number of nitrogens with two attached hydrogens (primary N) is 1. The maximum atomic E-state index is 11.2. The molecule has 0 spiro atoms. The van der Waals surface area contributed by atoms with E-state index < -0.39 is 10.0 Å². The van der Waals surface area contributed by atoms with Crippen LogP contribution in [0.2, 0.25) is 0 Å². The van der Waals surface area contributed by atoms with E-state index in [0.717, 1.165) is 36.0 Å². The van der Waals surface area contributed by atoms with Gasteiger partial charge in [0.05, 0.1) is 5.75 Å². The quantitative estimate of drug-likeness (QED) is 0.784. The highest BCUT2D eigenvalue weighted by molar-refractivity contribution is 7.88. The van der Waals surface area contributed by atoms with Gasteiger partial charge in [0.15, 0.2) is 0 Å². The van der Waals surface area contributed by atoms with Gasteiger partial charge in [-0.1, -0.05) is 13.0 Å². The number of rotatable bonds is 6. The molecular formula is C14H21N3O2S. The first-order valence-electron chi connectivity index (χ1n) is 6.68. The standard InChI is InChI=1S/C14H21N3O2S/c1-3-16-7-6-12-9-17(2)14-5-4-11(8-13(12)14)10-20(15,18)19/h4-5,8-9,16H,3,6-7,10H2,1-2H3,(H2,15,18,19). The number of nitrogens with one attached hydrogen (secondary N) is 1. The monoisotopic (exact) mass is 295 g/mol. The maximum Gasteiger partial charge on any atom is 0.213 e. The molecule has 1 aromatic carbocycles. The van der Waals surface area contributed by atoms with Crippen molar-refractivity contribution >= 4 is 20.9 Å². The molecule has 0 aliphatic carbocycles. The molecule has 0 bridgehead atoms. The zero-order valence-electron chi connectivity index (χ0n) is 11.9. The highest BCUT2D eigenvalue weighted by Crippen LogP contribution is 2.23. The number of sulfonamides is 1. The number of aryl methyl sites for hydroxylation is 1. The molecule has 0 unspecified atom stereocenters. The molecule has 2 rings (SSSR count). The van der Waals surface area contributed by atoms with E-state index in [-0.39, 0.29) is 5.75 Å². The third-order valence-electron chi connectivity index (χ3n) is 3.33. The minimum absolute atomic E-state index is 0.121. The lowest BCUT2D eigenvalue weighted by atomic mass is 10.1. The van der Waals surface area contributed by atoms with Crippen LogP contribution in [0.3, 0.4) is 0 Å². The number of fused-ring (bicyclic) bond motifs is 1. The Labute approximate surface area is 119 Å². The molecule has 1 aromatic heterocycles. The second-order valence-electron chi connectivity index (χ2n) is 5.03. The molecular weight excluding hydrogens is 274 g/mol. The smallest absolute Gasteiger partial charge is 0.213 e. The van der Waals surface area contributed by atoms with Crippen LogP contribution >= 0.6 is 0 Å². The summed E-state index contributed by atoms with van der Waals surface area (Å²) in [6.07, 6.45) is 3.02. The van der Waals surface area contributed by atoms with Crippen molar-refractivity contribution in [3.05, 3.63) is 35.5 Å². The average Bonchev–Trinajstić information content (AvgIpc) is 2.64. The predicted molar refractivity (Wildman–Crippen MR) is 82.0 cm³/mol. The zero-order valence-corrected chi connectivity index (χ0v) is 12.7. The molecule has 110 valence electrons. The highest BCUT2D eigenvalue weighted by atomic mass is 32.2. The van der Waals surface area contributed by atoms with E-state index in [0.29, 0.717) is 0 Å². The third kappa shape index (κ3) is 3.59. The van der Waals surface area contributed by atoms with E-state index in [2.05, 4.69) is 23.0 Å². The van der Waals surface area contributed by atoms with E-state index in [1.165, 1.54) is 5.56 Å². The first-order valence-corrected chi connectivity index (χ1v) is 8.40. The van der Waals surface area contributed by atoms with E-state index >= 15 is 0 Å². The molecule has 0 saturated heterocycles. The Morgan fingerprint density at radius 3 is 2.75 bits per heavy atom. The fourth-order valence-electron chi connectivity index (χ4n) is 2.44. The summed E-state index contributed by atoms with van der Waals surface area (Å²) in [6.45, 7) is 3.93. The first-order chi connectivity index (χ1) is 9.40. The molecule has 3 N–H and O–H groups in total. The van der Waals surface area contributed by atoms with E-state index in [4.69, 9.17) is 5.14 Å². The van der Waals surface area contributed by atoms with Gasteiger partial charge >= 0.3 is 0 Å². The van der Waals surface area contributed by atoms with Crippen molar-refractivity contribution in [3.63, 3.8) is 0 Å². The van der Waals surface area contributed by atoms with Crippen LogP contribution in [0.25, 0.3) is 10.9 Å². The Morgan fingerprint density at radius 2 is 2.10 bits per heavy atom. The normalized spacial score (nSPS) is 12.2. The van der Waals surface area contributed by atoms with Crippen LogP contribution in [0.15, 0.2) is 24.4 Å². The second-order valence-corrected chi connectivity index (χ2v) is 6.64. The molecule has 1 heterocycles. The van der Waals surface area contributed by atoms with Gasteiger partial charge in [0.25, 0.3) is 0 Å². The predicted octanol–water partition coefficient (Wildman–Crippen LogP) is 1.12. The molecule has 0 atom stereocenters. The van der Waals surface area contributed by atoms with Crippen molar-refractivity contribution in [2.45, 2.75) is 19.1 Å². The fraction of sp³-hybridized carbons (Fsp3) is 0.429. The Morgan fingerprint density at radius 1 is 1.35 bits per heavy atom. The van der Waals surface area contributed by atoms with Gasteiger partial charge < -0.3 is 9.88 Å². The van der Waals surface area contributed by atoms with Gasteiger partial charge in [-0.15, -0.1) is 0 Å². The van der Waals surface area contributed by atoms with E-state index in [1.807, 2.05) is 25.2 Å². The van der Waals surface area contributed by atoms with Gasteiger partial charge in [-0.25, -0.2) is 13.6 Å². The number of aromatic nitrogens is 1. The summed E-state index contributed by atoms with van der Waals surface area (Å²) in [4.78, 5) is 0. The molecule has 20 heavy (non-hydrogen) atoms. The summed E-state index contributed by atoms with van der Waals surface area (Å²) in [6, 6.07) is 5.70. The van der Waals surface area contributed by atoms with Crippen LogP contribution in [0.5, 0.6) is 0 Å². The number of benzene rings is 1. The lowest BCUT2D eigenvalue weighted by Gasteiger charge is -2.03. The average molecular weight is 295 g/mol. The van der Waals surface area contributed by atoms with Gasteiger partial charge in [-0.05, 0) is 42.8 Å². The third-order valence-corrected chi connectivity index (χ3v) is 4.06. The van der Waals surface area contributed by atoms with Crippen molar-refractivity contribution in [3.8, 4) is 0 Å². The number of primary sulfonamides is 1. The molecule has 0 saturated carbocycles. The lowest BCUT2D eigenvalue weighted by molar-refractivity contribution is 0.597. The van der Waals surface area contributed by atoms with Crippen molar-refractivity contribution in [1.82, 2.24) is 9.88 Å². The summed E-state index contributed by atoms with van der Waals surface area (Å²) < 4.78 is 24.5. The van der Waals surface area contributed by atoms with Gasteiger partial charge in [0, 0.05) is 24.1 Å². The highest BCUT2D eigenvalue weighted by Gasteiger charge is 2.10. The SMILES string of the molecule is CCNCCc1cn(C)c2ccc(CS(N)(=O)=O)cc12. The Kier molecular flexibility index (Phi) is 4.47. The van der Waals surface area contributed by atoms with Crippen LogP contribution < -0.4 is 10.5 Å². The first kappa shape index (κ1) is 15.0. The Balaban J connectivity index is 2.35. The minimum atomic E-state index is -3.49. The van der Waals surface area contributed by atoms with Gasteiger partial charge in [0.2, 0.25) is 10.0 Å². The summed E-state index contributed by atoms with van der Waals surface area (Å²) >= 11 is 0. The Bertz CT molecular complexity index is 705. The van der Waals surface area contributed by atoms with Crippen LogP contribution in [0.4, 0.5) is 0 Å². The number of likely N-dealkylation sites (N-methyl/N-ethyl adjacent to an activating group) is 1. The van der Waals surface area contributed by atoms with E-state index in [1.54, 1.807) is 0 Å². The fourth-order valence-corrected chi connectivity index (χ4v) is 3.09. The van der Waals surface area contributed by atoms with Crippen LogP contribution in [0, 0.1) is 0 Å². The maximum absolute atomic E-state index is 11.2. The molecule has 0 radical (unpaired) electrons. The second kappa shape index (κ2) is 5.95. The topological polar surface area (TPSA) is 77.1 Å². The molecule has 0 fully saturated rings. The molecule has 6 heteroatoms. The summed E-state index contributed by atoms with van der Waals surface area (Å²) in [5.74, 6) is -0.121. The number of hydrogen-bond acceptors (Lipinski definition) is 3. The molecule has 5 nitrogen and oxygen atoms in total. The van der Waals surface area contributed by atoms with Crippen molar-refractivity contribution in [2.75, 3.05) is 13.1 Å². The van der Waals surface area contributed by atoms with Crippen LogP contribution in [-0.4, -0.2) is 26.1 Å². The van der Waals surface area contributed by atoms with Crippen LogP contribution in [0.1, 0.15) is 18.1 Å². The minimum Gasteiger partial charge on any atom is -0.350 e. The van der Waals surface area contributed by atoms with Crippen molar-refractivity contribution in [1.29, 1.82) is 0 Å². The molecule has 0 aliphatic heterocycles. The largest absolute Gasteiger partial charge is 0.350 e. The summed E-state index contributed by atoms with van der Waals surface area (Å²) in [7, 11) is -1.49. The molecule has 0 aliphatic rings. The van der Waals surface area contributed by atoms with Gasteiger partial charge in [0.1, 0.15) is 0 Å². The zero-order chi connectivity index (χ0) is 14.8. The van der Waals surface area contributed by atoms with Gasteiger partial charge in [-0.3, -0.25) is 0 Å². The van der Waals surface area contributed by atoms with Crippen molar-refractivity contribution in [2.24, 2.45) is 12.2 Å². The summed E-state index contributed by atoms with van der Waals surface area (Å²) in [5.41, 5.74) is 3.06. The van der Waals surface area contributed by atoms with Gasteiger partial charge in [-0.2, -0.15) is 0 Å². The number of nitrogens with zero attached hydrogens (tertiary/aromatic N) is 1. The Hall–Kier alpha value is -1.37. The lowest BCUT2D eigenvalue weighted by Crippen LogP contribution is -2.16. The van der Waals surface area contributed by atoms with Crippen molar-refractivity contribution < 1.29 is 8.42 Å². The van der Waals surface area contributed by atoms with E-state index in [9.17, 15) is 8.42 Å². The number of hydrogen-bond donors (Lipinski definition) is 2. The molecule has 2 aromatic rings. The summed E-state index contributed by atoms with van der Waals surface area (Å²) in [5, 5.41) is 9.51.